The summed E-state index contributed by atoms with van der Waals surface area (Å²) < 4.78 is 4.88. The first-order valence-corrected chi connectivity index (χ1v) is 5.50. The standard InChI is InChI=1S/C10H14ClN3O2/c1-3-5-12-7-6-13-10(11)14-8(7)9(15)16-4-2/h6,12H,3-5H2,1-2H3. The number of aromatic nitrogens is 2. The Morgan fingerprint density at radius 1 is 1.56 bits per heavy atom. The van der Waals surface area contributed by atoms with Crippen LogP contribution >= 0.6 is 11.6 Å². The molecule has 1 aromatic rings. The average Bonchev–Trinajstić information content (AvgIpc) is 2.27. The Kier molecular flexibility index (Phi) is 4.98. The van der Waals surface area contributed by atoms with Crippen LogP contribution in [0.2, 0.25) is 5.28 Å². The molecule has 0 unspecified atom stereocenters. The number of anilines is 1. The van der Waals surface area contributed by atoms with Gasteiger partial charge in [0, 0.05) is 6.54 Å². The molecule has 0 saturated carbocycles. The van der Waals surface area contributed by atoms with E-state index < -0.39 is 5.97 Å². The van der Waals surface area contributed by atoms with Gasteiger partial charge in [-0.1, -0.05) is 6.92 Å². The summed E-state index contributed by atoms with van der Waals surface area (Å²) >= 11 is 5.64. The third-order valence-corrected chi connectivity index (χ3v) is 1.98. The molecule has 0 aromatic carbocycles. The molecular weight excluding hydrogens is 230 g/mol. The molecular formula is C10H14ClN3O2. The number of hydrogen-bond acceptors (Lipinski definition) is 5. The van der Waals surface area contributed by atoms with Crippen LogP contribution in [-0.2, 0) is 4.74 Å². The number of ether oxygens (including phenoxy) is 1. The lowest BCUT2D eigenvalue weighted by Crippen LogP contribution is -2.13. The van der Waals surface area contributed by atoms with Crippen LogP contribution in [-0.4, -0.2) is 29.1 Å². The molecule has 0 bridgehead atoms. The fourth-order valence-electron chi connectivity index (χ4n) is 1.10. The van der Waals surface area contributed by atoms with E-state index in [-0.39, 0.29) is 11.0 Å². The first kappa shape index (κ1) is 12.7. The van der Waals surface area contributed by atoms with Gasteiger partial charge in [-0.25, -0.2) is 14.8 Å². The van der Waals surface area contributed by atoms with Crippen molar-refractivity contribution in [3.8, 4) is 0 Å². The monoisotopic (exact) mass is 243 g/mol. The van der Waals surface area contributed by atoms with Gasteiger partial charge < -0.3 is 10.1 Å². The molecule has 1 N–H and O–H groups in total. The van der Waals surface area contributed by atoms with Gasteiger partial charge in [0.2, 0.25) is 5.28 Å². The average molecular weight is 244 g/mol. The minimum absolute atomic E-state index is 0.0325. The highest BCUT2D eigenvalue weighted by atomic mass is 35.5. The molecule has 0 aliphatic carbocycles. The summed E-state index contributed by atoms with van der Waals surface area (Å²) in [6, 6.07) is 0. The van der Waals surface area contributed by atoms with E-state index in [1.165, 1.54) is 6.20 Å². The molecule has 1 heterocycles. The van der Waals surface area contributed by atoms with Crippen molar-refractivity contribution in [3.05, 3.63) is 17.2 Å². The van der Waals surface area contributed by atoms with Crippen LogP contribution < -0.4 is 5.32 Å². The van der Waals surface area contributed by atoms with E-state index in [1.54, 1.807) is 6.92 Å². The molecule has 0 aliphatic rings. The third-order valence-electron chi connectivity index (χ3n) is 1.79. The quantitative estimate of drug-likeness (QED) is 0.634. The number of nitrogens with zero attached hydrogens (tertiary/aromatic N) is 2. The van der Waals surface area contributed by atoms with Crippen molar-refractivity contribution in [1.82, 2.24) is 9.97 Å². The fourth-order valence-corrected chi connectivity index (χ4v) is 1.24. The summed E-state index contributed by atoms with van der Waals surface area (Å²) in [7, 11) is 0. The minimum Gasteiger partial charge on any atom is -0.461 e. The SMILES string of the molecule is CCCNc1cnc(Cl)nc1C(=O)OCC. The molecule has 0 atom stereocenters. The number of hydrogen-bond donors (Lipinski definition) is 1. The van der Waals surface area contributed by atoms with Gasteiger partial charge in [0.05, 0.1) is 18.5 Å². The van der Waals surface area contributed by atoms with E-state index in [2.05, 4.69) is 15.3 Å². The molecule has 0 spiro atoms. The summed E-state index contributed by atoms with van der Waals surface area (Å²) in [6.07, 6.45) is 2.42. The van der Waals surface area contributed by atoms with Crippen molar-refractivity contribution in [2.24, 2.45) is 0 Å². The van der Waals surface area contributed by atoms with E-state index >= 15 is 0 Å². The number of rotatable bonds is 5. The summed E-state index contributed by atoms with van der Waals surface area (Å²) in [5.41, 5.74) is 0.722. The first-order chi connectivity index (χ1) is 7.69. The highest BCUT2D eigenvalue weighted by Gasteiger charge is 2.15. The van der Waals surface area contributed by atoms with Crippen LogP contribution in [0, 0.1) is 0 Å². The number of nitrogens with one attached hydrogen (secondary N) is 1. The van der Waals surface area contributed by atoms with Crippen molar-refractivity contribution >= 4 is 23.3 Å². The Morgan fingerprint density at radius 3 is 2.94 bits per heavy atom. The lowest BCUT2D eigenvalue weighted by molar-refractivity contribution is 0.0520. The lowest BCUT2D eigenvalue weighted by atomic mass is 10.3. The maximum absolute atomic E-state index is 11.6. The second-order valence-electron chi connectivity index (χ2n) is 3.05. The summed E-state index contributed by atoms with van der Waals surface area (Å²) in [4.78, 5) is 19.3. The van der Waals surface area contributed by atoms with Gasteiger partial charge >= 0.3 is 5.97 Å². The van der Waals surface area contributed by atoms with Crippen molar-refractivity contribution in [3.63, 3.8) is 0 Å². The number of carbonyl (C=O) groups excluding carboxylic acids is 1. The Balaban J connectivity index is 2.93. The molecule has 1 aromatic heterocycles. The molecule has 0 saturated heterocycles. The van der Waals surface area contributed by atoms with Crippen LogP contribution in [0.3, 0.4) is 0 Å². The van der Waals surface area contributed by atoms with Crippen molar-refractivity contribution in [2.45, 2.75) is 20.3 Å². The van der Waals surface area contributed by atoms with Crippen LogP contribution in [0.5, 0.6) is 0 Å². The van der Waals surface area contributed by atoms with E-state index in [1.807, 2.05) is 6.92 Å². The molecule has 6 heteroatoms. The Labute approximate surface area is 99.2 Å². The first-order valence-electron chi connectivity index (χ1n) is 5.12. The second kappa shape index (κ2) is 6.27. The van der Waals surface area contributed by atoms with Gasteiger partial charge in [-0.3, -0.25) is 0 Å². The van der Waals surface area contributed by atoms with Crippen LogP contribution in [0.25, 0.3) is 0 Å². The zero-order valence-corrected chi connectivity index (χ0v) is 10.0. The molecule has 0 aliphatic heterocycles. The van der Waals surface area contributed by atoms with Gasteiger partial charge in [-0.05, 0) is 24.9 Å². The Morgan fingerprint density at radius 2 is 2.31 bits per heavy atom. The van der Waals surface area contributed by atoms with Gasteiger partial charge in [-0.2, -0.15) is 0 Å². The van der Waals surface area contributed by atoms with Crippen LogP contribution in [0.1, 0.15) is 30.8 Å². The largest absolute Gasteiger partial charge is 0.461 e. The maximum atomic E-state index is 11.6. The van der Waals surface area contributed by atoms with E-state index in [4.69, 9.17) is 16.3 Å². The predicted octanol–water partition coefficient (Wildman–Crippen LogP) is 2.13. The second-order valence-corrected chi connectivity index (χ2v) is 3.39. The maximum Gasteiger partial charge on any atom is 0.359 e. The van der Waals surface area contributed by atoms with Crippen molar-refractivity contribution in [2.75, 3.05) is 18.5 Å². The van der Waals surface area contributed by atoms with Gasteiger partial charge in [-0.15, -0.1) is 0 Å². The number of carbonyl (C=O) groups is 1. The molecule has 88 valence electrons. The normalized spacial score (nSPS) is 9.94. The topological polar surface area (TPSA) is 64.1 Å². The summed E-state index contributed by atoms with van der Waals surface area (Å²) in [5, 5.41) is 3.08. The fraction of sp³-hybridized carbons (Fsp3) is 0.500. The zero-order valence-electron chi connectivity index (χ0n) is 9.29. The Hall–Kier alpha value is -1.36. The van der Waals surface area contributed by atoms with Gasteiger partial charge in [0.1, 0.15) is 0 Å². The zero-order chi connectivity index (χ0) is 12.0. The third kappa shape index (κ3) is 3.34. The van der Waals surface area contributed by atoms with Crippen LogP contribution in [0.4, 0.5) is 5.69 Å². The van der Waals surface area contributed by atoms with Gasteiger partial charge in [0.25, 0.3) is 0 Å². The molecule has 5 nitrogen and oxygen atoms in total. The predicted molar refractivity (Wildman–Crippen MR) is 61.8 cm³/mol. The number of halogens is 1. The van der Waals surface area contributed by atoms with E-state index in [0.717, 1.165) is 13.0 Å². The summed E-state index contributed by atoms with van der Waals surface area (Å²) in [6.45, 7) is 4.79. The van der Waals surface area contributed by atoms with Crippen LogP contribution in [0.15, 0.2) is 6.20 Å². The minimum atomic E-state index is -0.495. The highest BCUT2D eigenvalue weighted by Crippen LogP contribution is 2.15. The molecule has 0 radical (unpaired) electrons. The highest BCUT2D eigenvalue weighted by molar-refractivity contribution is 6.28. The van der Waals surface area contributed by atoms with Gasteiger partial charge in [0.15, 0.2) is 5.69 Å². The van der Waals surface area contributed by atoms with Crippen molar-refractivity contribution < 1.29 is 9.53 Å². The van der Waals surface area contributed by atoms with E-state index in [9.17, 15) is 4.79 Å². The molecule has 0 amide bonds. The molecule has 16 heavy (non-hydrogen) atoms. The smallest absolute Gasteiger partial charge is 0.359 e. The lowest BCUT2D eigenvalue weighted by Gasteiger charge is -2.09. The summed E-state index contributed by atoms with van der Waals surface area (Å²) in [5.74, 6) is -0.495. The molecule has 1 rings (SSSR count). The number of esters is 1. The van der Waals surface area contributed by atoms with E-state index in [0.29, 0.717) is 12.3 Å². The molecule has 0 fully saturated rings. The van der Waals surface area contributed by atoms with Crippen molar-refractivity contribution in [1.29, 1.82) is 0 Å². The Bertz CT molecular complexity index is 371.